The molecule has 1 amide bonds. The Kier molecular flexibility index (Phi) is 6.46. The van der Waals surface area contributed by atoms with Crippen molar-refractivity contribution in [3.63, 3.8) is 0 Å². The molecule has 144 valence electrons. The number of nitrogens with zero attached hydrogens (tertiary/aromatic N) is 1. The Labute approximate surface area is 164 Å². The van der Waals surface area contributed by atoms with E-state index in [2.05, 4.69) is 15.6 Å². The number of methoxy groups -OCH3 is 2. The van der Waals surface area contributed by atoms with Crippen molar-refractivity contribution in [2.24, 2.45) is 0 Å². The number of hydrogen-bond donors (Lipinski definition) is 2. The van der Waals surface area contributed by atoms with Crippen LogP contribution in [0.3, 0.4) is 0 Å². The lowest BCUT2D eigenvalue weighted by Gasteiger charge is -2.11. The van der Waals surface area contributed by atoms with Crippen LogP contribution >= 0.6 is 0 Å². The Morgan fingerprint density at radius 3 is 2.36 bits per heavy atom. The lowest BCUT2D eigenvalue weighted by molar-refractivity contribution is -0.116. The van der Waals surface area contributed by atoms with Crippen molar-refractivity contribution in [3.05, 3.63) is 72.4 Å². The zero-order valence-electron chi connectivity index (χ0n) is 15.9. The lowest BCUT2D eigenvalue weighted by Crippen LogP contribution is -2.13. The Hall–Kier alpha value is -3.54. The van der Waals surface area contributed by atoms with Gasteiger partial charge in [-0.25, -0.2) is 4.98 Å². The van der Waals surface area contributed by atoms with Gasteiger partial charge in [-0.3, -0.25) is 4.79 Å². The minimum absolute atomic E-state index is 0.0584. The number of aryl methyl sites for hydroxylation is 1. The van der Waals surface area contributed by atoms with Crippen LogP contribution in [0.25, 0.3) is 0 Å². The zero-order valence-corrected chi connectivity index (χ0v) is 15.9. The summed E-state index contributed by atoms with van der Waals surface area (Å²) in [6.07, 6.45) is 2.78. The van der Waals surface area contributed by atoms with Crippen LogP contribution in [0.2, 0.25) is 0 Å². The summed E-state index contributed by atoms with van der Waals surface area (Å²) < 4.78 is 10.5. The first-order chi connectivity index (χ1) is 13.7. The number of aromatic nitrogens is 1. The molecule has 0 radical (unpaired) electrons. The van der Waals surface area contributed by atoms with Gasteiger partial charge in [0.2, 0.25) is 5.91 Å². The molecule has 1 heterocycles. The van der Waals surface area contributed by atoms with Crippen molar-refractivity contribution in [1.29, 1.82) is 0 Å². The molecule has 6 nitrogen and oxygen atoms in total. The number of amides is 1. The number of benzene rings is 2. The van der Waals surface area contributed by atoms with E-state index in [9.17, 15) is 4.79 Å². The molecule has 0 saturated heterocycles. The van der Waals surface area contributed by atoms with E-state index in [1.54, 1.807) is 26.5 Å². The predicted octanol–water partition coefficient (Wildman–Crippen LogP) is 4.41. The molecule has 3 rings (SSSR count). The second-order valence-electron chi connectivity index (χ2n) is 6.16. The Bertz CT molecular complexity index is 912. The molecule has 0 fully saturated rings. The minimum atomic E-state index is -0.0584. The molecular weight excluding hydrogens is 354 g/mol. The van der Waals surface area contributed by atoms with E-state index in [0.29, 0.717) is 30.2 Å². The first kappa shape index (κ1) is 19.2. The van der Waals surface area contributed by atoms with Crippen molar-refractivity contribution >= 4 is 23.1 Å². The summed E-state index contributed by atoms with van der Waals surface area (Å²) >= 11 is 0. The standard InChI is InChI=1S/C22H23N3O3/c1-27-19-11-9-17(14-20(19)28-2)24-18-10-12-21(23-15-18)25-22(26)13-8-16-6-4-3-5-7-16/h3-7,9-12,14-15,24H,8,13H2,1-2H3,(H,23,25,26). The topological polar surface area (TPSA) is 72.5 Å². The second kappa shape index (κ2) is 9.41. The van der Waals surface area contributed by atoms with Gasteiger partial charge in [0.25, 0.3) is 0 Å². The number of rotatable bonds is 8. The maximum Gasteiger partial charge on any atom is 0.225 e. The highest BCUT2D eigenvalue weighted by Crippen LogP contribution is 2.31. The van der Waals surface area contributed by atoms with Crippen molar-refractivity contribution in [2.45, 2.75) is 12.8 Å². The van der Waals surface area contributed by atoms with Gasteiger partial charge in [-0.15, -0.1) is 0 Å². The number of anilines is 3. The Balaban J connectivity index is 1.55. The molecule has 0 aliphatic carbocycles. The van der Waals surface area contributed by atoms with Crippen molar-refractivity contribution < 1.29 is 14.3 Å². The van der Waals surface area contributed by atoms with Gasteiger partial charge < -0.3 is 20.1 Å². The Morgan fingerprint density at radius 1 is 0.929 bits per heavy atom. The van der Waals surface area contributed by atoms with Crippen LogP contribution in [-0.2, 0) is 11.2 Å². The molecule has 0 saturated carbocycles. The molecule has 2 aromatic carbocycles. The number of pyridine rings is 1. The van der Waals surface area contributed by atoms with Crippen LogP contribution in [0.5, 0.6) is 11.5 Å². The van der Waals surface area contributed by atoms with Gasteiger partial charge in [0, 0.05) is 18.2 Å². The third-order valence-corrected chi connectivity index (χ3v) is 4.19. The third kappa shape index (κ3) is 5.23. The van der Waals surface area contributed by atoms with Gasteiger partial charge in [-0.1, -0.05) is 30.3 Å². The third-order valence-electron chi connectivity index (χ3n) is 4.19. The molecule has 2 N–H and O–H groups in total. The summed E-state index contributed by atoms with van der Waals surface area (Å²) in [4.78, 5) is 16.4. The molecule has 0 aliphatic heterocycles. The van der Waals surface area contributed by atoms with Crippen LogP contribution in [0.1, 0.15) is 12.0 Å². The van der Waals surface area contributed by atoms with Crippen molar-refractivity contribution in [3.8, 4) is 11.5 Å². The molecule has 28 heavy (non-hydrogen) atoms. The predicted molar refractivity (Wildman–Crippen MR) is 110 cm³/mol. The minimum Gasteiger partial charge on any atom is -0.493 e. The maximum absolute atomic E-state index is 12.1. The number of ether oxygens (including phenoxy) is 2. The summed E-state index contributed by atoms with van der Waals surface area (Å²) in [7, 11) is 3.19. The summed E-state index contributed by atoms with van der Waals surface area (Å²) in [6.45, 7) is 0. The molecule has 0 aliphatic rings. The molecule has 0 atom stereocenters. The first-order valence-corrected chi connectivity index (χ1v) is 8.97. The average Bonchev–Trinajstić information content (AvgIpc) is 2.74. The SMILES string of the molecule is COc1ccc(Nc2ccc(NC(=O)CCc3ccccc3)nc2)cc1OC. The maximum atomic E-state index is 12.1. The van der Waals surface area contributed by atoms with Gasteiger partial charge in [-0.05, 0) is 36.2 Å². The van der Waals surface area contributed by atoms with Crippen molar-refractivity contribution in [1.82, 2.24) is 4.98 Å². The summed E-state index contributed by atoms with van der Waals surface area (Å²) in [5.41, 5.74) is 2.79. The molecule has 0 bridgehead atoms. The largest absolute Gasteiger partial charge is 0.493 e. The number of carbonyl (C=O) groups is 1. The Morgan fingerprint density at radius 2 is 1.68 bits per heavy atom. The highest BCUT2D eigenvalue weighted by Gasteiger charge is 2.06. The first-order valence-electron chi connectivity index (χ1n) is 8.97. The van der Waals surface area contributed by atoms with E-state index in [1.165, 1.54) is 0 Å². The summed E-state index contributed by atoms with van der Waals surface area (Å²) in [5, 5.41) is 6.07. The fourth-order valence-electron chi connectivity index (χ4n) is 2.73. The number of hydrogen-bond acceptors (Lipinski definition) is 5. The molecule has 3 aromatic rings. The van der Waals surface area contributed by atoms with Crippen molar-refractivity contribution in [2.75, 3.05) is 24.9 Å². The van der Waals surface area contributed by atoms with E-state index in [1.807, 2.05) is 54.6 Å². The van der Waals surface area contributed by atoms with E-state index in [4.69, 9.17) is 9.47 Å². The van der Waals surface area contributed by atoms with Gasteiger partial charge in [-0.2, -0.15) is 0 Å². The van der Waals surface area contributed by atoms with Crippen LogP contribution in [0.4, 0.5) is 17.2 Å². The number of nitrogens with one attached hydrogen (secondary N) is 2. The smallest absolute Gasteiger partial charge is 0.225 e. The van der Waals surface area contributed by atoms with Gasteiger partial charge in [0.1, 0.15) is 5.82 Å². The quantitative estimate of drug-likeness (QED) is 0.608. The van der Waals surface area contributed by atoms with Crippen LogP contribution < -0.4 is 20.1 Å². The molecule has 1 aromatic heterocycles. The monoisotopic (exact) mass is 377 g/mol. The molecule has 0 spiro atoms. The lowest BCUT2D eigenvalue weighted by atomic mass is 10.1. The van der Waals surface area contributed by atoms with Gasteiger partial charge >= 0.3 is 0 Å². The van der Waals surface area contributed by atoms with Crippen LogP contribution in [0.15, 0.2) is 66.9 Å². The molecule has 6 heteroatoms. The van der Waals surface area contributed by atoms with Crippen LogP contribution in [0, 0.1) is 0 Å². The fraction of sp³-hybridized carbons (Fsp3) is 0.182. The van der Waals surface area contributed by atoms with Crippen LogP contribution in [-0.4, -0.2) is 25.1 Å². The van der Waals surface area contributed by atoms with E-state index in [-0.39, 0.29) is 5.91 Å². The highest BCUT2D eigenvalue weighted by molar-refractivity contribution is 5.90. The normalized spacial score (nSPS) is 10.2. The molecule has 0 unspecified atom stereocenters. The highest BCUT2D eigenvalue weighted by atomic mass is 16.5. The van der Waals surface area contributed by atoms with E-state index >= 15 is 0 Å². The van der Waals surface area contributed by atoms with Gasteiger partial charge in [0.05, 0.1) is 26.1 Å². The summed E-state index contributed by atoms with van der Waals surface area (Å²) in [5.74, 6) is 1.77. The summed E-state index contributed by atoms with van der Waals surface area (Å²) in [6, 6.07) is 19.1. The second-order valence-corrected chi connectivity index (χ2v) is 6.16. The molecular formula is C22H23N3O3. The average molecular weight is 377 g/mol. The van der Waals surface area contributed by atoms with Gasteiger partial charge in [0.15, 0.2) is 11.5 Å². The number of carbonyl (C=O) groups excluding carboxylic acids is 1. The van der Waals surface area contributed by atoms with E-state index < -0.39 is 0 Å². The van der Waals surface area contributed by atoms with E-state index in [0.717, 1.165) is 16.9 Å². The zero-order chi connectivity index (χ0) is 19.8. The fourth-order valence-corrected chi connectivity index (χ4v) is 2.73.